The van der Waals surface area contributed by atoms with Crippen LogP contribution in [0, 0.1) is 0 Å². The van der Waals surface area contributed by atoms with Gasteiger partial charge in [-0.05, 0) is 39.2 Å². The highest BCUT2D eigenvalue weighted by molar-refractivity contribution is 7.98. The lowest BCUT2D eigenvalue weighted by molar-refractivity contribution is 0.0635. The first-order chi connectivity index (χ1) is 10.7. The maximum absolute atomic E-state index is 12.0. The molecule has 0 bridgehead atoms. The van der Waals surface area contributed by atoms with Gasteiger partial charge in [-0.1, -0.05) is 6.07 Å². The second kappa shape index (κ2) is 6.69. The van der Waals surface area contributed by atoms with Gasteiger partial charge in [0, 0.05) is 0 Å². The van der Waals surface area contributed by atoms with Crippen molar-refractivity contribution in [2.45, 2.75) is 31.4 Å². The number of nitrogens with one attached hydrogen (secondary N) is 1. The molecule has 0 saturated carbocycles. The first kappa shape index (κ1) is 17.4. The van der Waals surface area contributed by atoms with Crippen LogP contribution in [-0.2, 0) is 4.74 Å². The summed E-state index contributed by atoms with van der Waals surface area (Å²) in [5, 5.41) is 25.5. The van der Waals surface area contributed by atoms with E-state index < -0.39 is 19.0 Å². The molecule has 0 spiro atoms. The summed E-state index contributed by atoms with van der Waals surface area (Å²) in [7, 11) is -1.97. The van der Waals surface area contributed by atoms with Crippen LogP contribution in [0.3, 0.4) is 0 Å². The molecule has 10 heteroatoms. The maximum atomic E-state index is 12.0. The van der Waals surface area contributed by atoms with Crippen molar-refractivity contribution in [2.24, 2.45) is 0 Å². The number of anilines is 1. The molecule has 0 atom stereocenters. The van der Waals surface area contributed by atoms with Gasteiger partial charge < -0.3 is 19.4 Å². The normalized spacial score (nSPS) is 11.4. The smallest absolute Gasteiger partial charge is 0.498 e. The quantitative estimate of drug-likeness (QED) is 0.576. The summed E-state index contributed by atoms with van der Waals surface area (Å²) in [5.41, 5.74) is 0.380. The van der Waals surface area contributed by atoms with Crippen molar-refractivity contribution in [3.8, 4) is 5.88 Å². The van der Waals surface area contributed by atoms with Crippen LogP contribution in [0.25, 0.3) is 5.52 Å². The Morgan fingerprint density at radius 1 is 1.39 bits per heavy atom. The number of hydrogen-bond acceptors (Lipinski definition) is 7. The zero-order valence-electron chi connectivity index (χ0n) is 13.2. The molecule has 8 nitrogen and oxygen atoms in total. The summed E-state index contributed by atoms with van der Waals surface area (Å²) in [6.07, 6.45) is 1.21. The third-order valence-corrected chi connectivity index (χ3v) is 3.31. The number of amides is 1. The number of thioether (sulfide) groups is 1. The topological polar surface area (TPSA) is 105 Å². The average molecular weight is 339 g/mol. The van der Waals surface area contributed by atoms with Gasteiger partial charge in [-0.15, -0.1) is 11.8 Å². The van der Waals surface area contributed by atoms with Gasteiger partial charge in [0.15, 0.2) is 0 Å². The van der Waals surface area contributed by atoms with E-state index in [4.69, 9.17) is 19.4 Å². The molecule has 2 aromatic rings. The third kappa shape index (κ3) is 4.30. The molecule has 3 N–H and O–H groups in total. The second-order valence-electron chi connectivity index (χ2n) is 5.62. The van der Waals surface area contributed by atoms with Gasteiger partial charge in [0.25, 0.3) is 0 Å². The molecule has 0 fully saturated rings. The minimum absolute atomic E-state index is 0.130. The Balaban J connectivity index is 2.41. The van der Waals surface area contributed by atoms with E-state index in [0.29, 0.717) is 16.2 Å². The standard InChI is InChI=1S/C13H18BN3O5S/c1-13(2,3)21-12(18)15-10-8-6-5-7-9(22-14(19)20)17(8)16-11(10)23-4/h5-7,19-20H,1-4H3,(H,15,18). The van der Waals surface area contributed by atoms with Crippen LogP contribution in [-0.4, -0.2) is 44.9 Å². The molecule has 1 amide bonds. The lowest BCUT2D eigenvalue weighted by Crippen LogP contribution is -2.27. The number of fused-ring (bicyclic) bond motifs is 1. The van der Waals surface area contributed by atoms with E-state index in [-0.39, 0.29) is 5.88 Å². The Morgan fingerprint density at radius 2 is 2.09 bits per heavy atom. The minimum atomic E-state index is -1.97. The van der Waals surface area contributed by atoms with Crippen molar-refractivity contribution in [1.82, 2.24) is 9.61 Å². The van der Waals surface area contributed by atoms with Gasteiger partial charge >= 0.3 is 13.4 Å². The lowest BCUT2D eigenvalue weighted by Gasteiger charge is -2.19. The molecule has 124 valence electrons. The summed E-state index contributed by atoms with van der Waals surface area (Å²) < 4.78 is 11.5. The van der Waals surface area contributed by atoms with Crippen LogP contribution >= 0.6 is 11.8 Å². The maximum Gasteiger partial charge on any atom is 0.708 e. The number of pyridine rings is 1. The molecule has 0 aromatic carbocycles. The number of ether oxygens (including phenoxy) is 1. The summed E-state index contributed by atoms with van der Waals surface area (Å²) >= 11 is 1.33. The molecular weight excluding hydrogens is 321 g/mol. The molecule has 0 unspecified atom stereocenters. The third-order valence-electron chi connectivity index (χ3n) is 2.64. The van der Waals surface area contributed by atoms with Gasteiger partial charge in [0.2, 0.25) is 5.88 Å². The van der Waals surface area contributed by atoms with E-state index in [1.807, 2.05) is 6.26 Å². The van der Waals surface area contributed by atoms with Crippen molar-refractivity contribution in [3.05, 3.63) is 18.2 Å². The number of nitrogens with zero attached hydrogens (tertiary/aromatic N) is 2. The predicted molar refractivity (Wildman–Crippen MR) is 87.6 cm³/mol. The second-order valence-corrected chi connectivity index (χ2v) is 6.41. The Bertz CT molecular complexity index is 713. The first-order valence-electron chi connectivity index (χ1n) is 6.80. The van der Waals surface area contributed by atoms with E-state index in [0.717, 1.165) is 0 Å². The van der Waals surface area contributed by atoms with Gasteiger partial charge in [0.1, 0.15) is 16.3 Å². The van der Waals surface area contributed by atoms with Crippen molar-refractivity contribution in [1.29, 1.82) is 0 Å². The largest absolute Gasteiger partial charge is 0.708 e. The summed E-state index contributed by atoms with van der Waals surface area (Å²) in [6.45, 7) is 5.31. The number of rotatable bonds is 4. The molecule has 2 aromatic heterocycles. The Morgan fingerprint density at radius 3 is 2.65 bits per heavy atom. The van der Waals surface area contributed by atoms with Crippen LogP contribution < -0.4 is 9.97 Å². The fourth-order valence-corrected chi connectivity index (χ4v) is 2.41. The molecule has 0 aliphatic heterocycles. The van der Waals surface area contributed by atoms with Crippen LogP contribution in [0.2, 0.25) is 0 Å². The summed E-state index contributed by atoms with van der Waals surface area (Å²) in [5.74, 6) is 0.130. The fourth-order valence-electron chi connectivity index (χ4n) is 1.89. The number of carbonyl (C=O) groups excluding carboxylic acids is 1. The summed E-state index contributed by atoms with van der Waals surface area (Å²) in [4.78, 5) is 12.0. The Hall–Kier alpha value is -1.91. The molecule has 23 heavy (non-hydrogen) atoms. The molecule has 0 saturated heterocycles. The predicted octanol–water partition coefficient (Wildman–Crippen LogP) is 1.75. The zero-order valence-corrected chi connectivity index (χ0v) is 14.0. The van der Waals surface area contributed by atoms with E-state index >= 15 is 0 Å². The van der Waals surface area contributed by atoms with Crippen molar-refractivity contribution in [2.75, 3.05) is 11.6 Å². The van der Waals surface area contributed by atoms with E-state index in [9.17, 15) is 4.79 Å². The molecular formula is C13H18BN3O5S. The molecule has 2 rings (SSSR count). The molecule has 2 heterocycles. The van der Waals surface area contributed by atoms with Crippen LogP contribution in [0.4, 0.5) is 10.5 Å². The highest BCUT2D eigenvalue weighted by atomic mass is 32.2. The van der Waals surface area contributed by atoms with Crippen molar-refractivity contribution >= 4 is 36.4 Å². The van der Waals surface area contributed by atoms with Crippen LogP contribution in [0.1, 0.15) is 20.8 Å². The van der Waals surface area contributed by atoms with E-state index in [2.05, 4.69) is 10.4 Å². The van der Waals surface area contributed by atoms with Crippen molar-refractivity contribution in [3.63, 3.8) is 0 Å². The van der Waals surface area contributed by atoms with Crippen molar-refractivity contribution < 1.29 is 24.2 Å². The molecule has 0 aliphatic rings. The first-order valence-corrected chi connectivity index (χ1v) is 8.02. The number of carbonyl (C=O) groups is 1. The highest BCUT2D eigenvalue weighted by Gasteiger charge is 2.22. The van der Waals surface area contributed by atoms with Gasteiger partial charge in [-0.3, -0.25) is 5.32 Å². The minimum Gasteiger partial charge on any atom is -0.498 e. The van der Waals surface area contributed by atoms with E-state index in [1.54, 1.807) is 32.9 Å². The average Bonchev–Trinajstić information content (AvgIpc) is 2.75. The van der Waals surface area contributed by atoms with E-state index in [1.165, 1.54) is 22.3 Å². The van der Waals surface area contributed by atoms with Crippen LogP contribution in [0.5, 0.6) is 5.88 Å². The molecule has 0 radical (unpaired) electrons. The number of hydrogen-bond donors (Lipinski definition) is 3. The Labute approximate surface area is 138 Å². The van der Waals surface area contributed by atoms with Gasteiger partial charge in [-0.25, -0.2) is 4.79 Å². The monoisotopic (exact) mass is 339 g/mol. The Kier molecular flexibility index (Phi) is 5.08. The van der Waals surface area contributed by atoms with Gasteiger partial charge in [-0.2, -0.15) is 9.61 Å². The van der Waals surface area contributed by atoms with Crippen LogP contribution in [0.15, 0.2) is 23.2 Å². The SMILES string of the molecule is CSc1nn2c(OB(O)O)cccc2c1NC(=O)OC(C)(C)C. The highest BCUT2D eigenvalue weighted by Crippen LogP contribution is 2.31. The summed E-state index contributed by atoms with van der Waals surface area (Å²) in [6, 6.07) is 4.90. The fraction of sp³-hybridized carbons (Fsp3) is 0.385. The zero-order chi connectivity index (χ0) is 17.2. The number of aromatic nitrogens is 2. The lowest BCUT2D eigenvalue weighted by atomic mass is 10.2. The molecule has 0 aliphatic carbocycles. The van der Waals surface area contributed by atoms with Gasteiger partial charge in [0.05, 0.1) is 5.52 Å².